The molecule has 0 bridgehead atoms. The number of imidazole rings is 1. The number of pyridine rings is 1. The SMILES string of the molecule is O=C(NCc1ccccc1)N1CCCC(Cn2cnc3cccnc32)C1. The van der Waals surface area contributed by atoms with E-state index in [-0.39, 0.29) is 6.03 Å². The van der Waals surface area contributed by atoms with Gasteiger partial charge in [-0.25, -0.2) is 14.8 Å². The van der Waals surface area contributed by atoms with E-state index in [4.69, 9.17) is 0 Å². The summed E-state index contributed by atoms with van der Waals surface area (Å²) in [5.74, 6) is 0.422. The smallest absolute Gasteiger partial charge is 0.317 e. The largest absolute Gasteiger partial charge is 0.334 e. The zero-order valence-corrected chi connectivity index (χ0v) is 14.7. The van der Waals surface area contributed by atoms with Crippen molar-refractivity contribution < 1.29 is 4.79 Å². The quantitative estimate of drug-likeness (QED) is 0.787. The van der Waals surface area contributed by atoms with Gasteiger partial charge in [-0.05, 0) is 36.5 Å². The van der Waals surface area contributed by atoms with Crippen LogP contribution in [0.25, 0.3) is 11.2 Å². The molecule has 3 aromatic rings. The highest BCUT2D eigenvalue weighted by atomic mass is 16.2. The highest BCUT2D eigenvalue weighted by Gasteiger charge is 2.24. The summed E-state index contributed by atoms with van der Waals surface area (Å²) in [5, 5.41) is 3.03. The highest BCUT2D eigenvalue weighted by molar-refractivity contribution is 5.74. The number of hydrogen-bond donors (Lipinski definition) is 1. The molecule has 1 saturated heterocycles. The van der Waals surface area contributed by atoms with E-state index in [0.29, 0.717) is 12.5 Å². The minimum Gasteiger partial charge on any atom is -0.334 e. The van der Waals surface area contributed by atoms with Crippen molar-refractivity contribution in [1.82, 2.24) is 24.8 Å². The van der Waals surface area contributed by atoms with E-state index in [1.807, 2.05) is 53.7 Å². The number of amides is 2. The first-order chi connectivity index (χ1) is 12.8. The van der Waals surface area contributed by atoms with Crippen LogP contribution in [0, 0.1) is 5.92 Å². The van der Waals surface area contributed by atoms with Gasteiger partial charge in [0.05, 0.1) is 6.33 Å². The summed E-state index contributed by atoms with van der Waals surface area (Å²) in [4.78, 5) is 23.3. The minimum absolute atomic E-state index is 0.0205. The van der Waals surface area contributed by atoms with Crippen LogP contribution in [0.1, 0.15) is 18.4 Å². The van der Waals surface area contributed by atoms with Gasteiger partial charge in [-0.1, -0.05) is 30.3 Å². The molecular weight excluding hydrogens is 326 g/mol. The summed E-state index contributed by atoms with van der Waals surface area (Å²) in [6.07, 6.45) is 5.80. The minimum atomic E-state index is 0.0205. The Morgan fingerprint density at radius 3 is 2.92 bits per heavy atom. The number of benzene rings is 1. The Morgan fingerprint density at radius 2 is 2.04 bits per heavy atom. The first-order valence-electron chi connectivity index (χ1n) is 9.12. The second kappa shape index (κ2) is 7.56. The van der Waals surface area contributed by atoms with Gasteiger partial charge in [-0.3, -0.25) is 0 Å². The molecule has 1 atom stereocenters. The number of likely N-dealkylation sites (tertiary alicyclic amines) is 1. The second-order valence-electron chi connectivity index (χ2n) is 6.84. The average Bonchev–Trinajstić information content (AvgIpc) is 3.10. The van der Waals surface area contributed by atoms with Crippen molar-refractivity contribution in [3.63, 3.8) is 0 Å². The molecule has 1 N–H and O–H groups in total. The fourth-order valence-corrected chi connectivity index (χ4v) is 3.59. The van der Waals surface area contributed by atoms with Gasteiger partial charge in [-0.15, -0.1) is 0 Å². The third-order valence-electron chi connectivity index (χ3n) is 4.92. The number of hydrogen-bond acceptors (Lipinski definition) is 3. The Kier molecular flexibility index (Phi) is 4.82. The van der Waals surface area contributed by atoms with Crippen molar-refractivity contribution in [2.45, 2.75) is 25.9 Å². The predicted octanol–water partition coefficient (Wildman–Crippen LogP) is 3.05. The van der Waals surface area contributed by atoms with Gasteiger partial charge in [0.15, 0.2) is 5.65 Å². The maximum Gasteiger partial charge on any atom is 0.317 e. The second-order valence-corrected chi connectivity index (χ2v) is 6.84. The summed E-state index contributed by atoms with van der Waals surface area (Å²) in [6.45, 7) is 3.00. The number of rotatable bonds is 4. The van der Waals surface area contributed by atoms with Crippen molar-refractivity contribution in [3.05, 3.63) is 60.6 Å². The number of piperidine rings is 1. The third-order valence-corrected chi connectivity index (χ3v) is 4.92. The molecule has 2 amide bonds. The molecule has 6 heteroatoms. The van der Waals surface area contributed by atoms with Crippen LogP contribution in [0.2, 0.25) is 0 Å². The lowest BCUT2D eigenvalue weighted by molar-refractivity contribution is 0.159. The van der Waals surface area contributed by atoms with Crippen LogP contribution < -0.4 is 5.32 Å². The Bertz CT molecular complexity index is 876. The van der Waals surface area contributed by atoms with Gasteiger partial charge in [0.2, 0.25) is 0 Å². The molecule has 0 radical (unpaired) electrons. The monoisotopic (exact) mass is 349 g/mol. The Labute approximate surface area is 152 Å². The maximum absolute atomic E-state index is 12.5. The molecule has 2 aromatic heterocycles. The molecule has 1 fully saturated rings. The van der Waals surface area contributed by atoms with E-state index < -0.39 is 0 Å². The van der Waals surface area contributed by atoms with Gasteiger partial charge in [0.1, 0.15) is 5.52 Å². The molecule has 1 unspecified atom stereocenters. The van der Waals surface area contributed by atoms with Gasteiger partial charge in [-0.2, -0.15) is 0 Å². The molecule has 0 aliphatic carbocycles. The topological polar surface area (TPSA) is 63.1 Å². The number of carbonyl (C=O) groups excluding carboxylic acids is 1. The van der Waals surface area contributed by atoms with E-state index in [0.717, 1.165) is 49.2 Å². The van der Waals surface area contributed by atoms with Gasteiger partial charge in [0.25, 0.3) is 0 Å². The highest BCUT2D eigenvalue weighted by Crippen LogP contribution is 2.20. The number of urea groups is 1. The predicted molar refractivity (Wildman–Crippen MR) is 101 cm³/mol. The Hall–Kier alpha value is -2.89. The summed E-state index contributed by atoms with van der Waals surface area (Å²) >= 11 is 0. The van der Waals surface area contributed by atoms with Crippen molar-refractivity contribution >= 4 is 17.2 Å². The lowest BCUT2D eigenvalue weighted by atomic mass is 9.98. The van der Waals surface area contributed by atoms with E-state index in [2.05, 4.69) is 19.9 Å². The molecule has 3 heterocycles. The van der Waals surface area contributed by atoms with Crippen molar-refractivity contribution in [2.24, 2.45) is 5.92 Å². The molecule has 6 nitrogen and oxygen atoms in total. The molecule has 134 valence electrons. The average molecular weight is 349 g/mol. The molecule has 26 heavy (non-hydrogen) atoms. The van der Waals surface area contributed by atoms with E-state index in [1.54, 1.807) is 6.20 Å². The first-order valence-corrected chi connectivity index (χ1v) is 9.12. The van der Waals surface area contributed by atoms with Crippen LogP contribution in [0.15, 0.2) is 55.0 Å². The fraction of sp³-hybridized carbons (Fsp3) is 0.350. The van der Waals surface area contributed by atoms with Crippen LogP contribution in [0.4, 0.5) is 4.79 Å². The van der Waals surface area contributed by atoms with Crippen molar-refractivity contribution in [2.75, 3.05) is 13.1 Å². The van der Waals surface area contributed by atoms with Crippen LogP contribution in [0.5, 0.6) is 0 Å². The summed E-state index contributed by atoms with van der Waals surface area (Å²) < 4.78 is 2.10. The van der Waals surface area contributed by atoms with Crippen LogP contribution in [0.3, 0.4) is 0 Å². The van der Waals surface area contributed by atoms with E-state index in [1.165, 1.54) is 0 Å². The summed E-state index contributed by atoms with van der Waals surface area (Å²) in [7, 11) is 0. The lowest BCUT2D eigenvalue weighted by Crippen LogP contribution is -2.46. The zero-order valence-electron chi connectivity index (χ0n) is 14.7. The molecular formula is C20H23N5O. The Balaban J connectivity index is 1.35. The number of fused-ring (bicyclic) bond motifs is 1. The van der Waals surface area contributed by atoms with Crippen molar-refractivity contribution in [1.29, 1.82) is 0 Å². The van der Waals surface area contributed by atoms with E-state index >= 15 is 0 Å². The molecule has 1 aromatic carbocycles. The standard InChI is InChI=1S/C20H23N5O/c26-20(22-12-16-6-2-1-3-7-16)24-11-5-8-17(13-24)14-25-15-23-18-9-4-10-21-19(18)25/h1-4,6-7,9-10,15,17H,5,8,11-14H2,(H,22,26). The molecule has 0 saturated carbocycles. The summed E-state index contributed by atoms with van der Waals surface area (Å²) in [6, 6.07) is 13.9. The molecule has 1 aliphatic rings. The Morgan fingerprint density at radius 1 is 1.15 bits per heavy atom. The van der Waals surface area contributed by atoms with Gasteiger partial charge >= 0.3 is 6.03 Å². The van der Waals surface area contributed by atoms with Gasteiger partial charge in [0, 0.05) is 32.4 Å². The number of nitrogens with one attached hydrogen (secondary N) is 1. The molecule has 0 spiro atoms. The van der Waals surface area contributed by atoms with Gasteiger partial charge < -0.3 is 14.8 Å². The van der Waals surface area contributed by atoms with E-state index in [9.17, 15) is 4.79 Å². The third kappa shape index (κ3) is 3.69. The summed E-state index contributed by atoms with van der Waals surface area (Å²) in [5.41, 5.74) is 2.95. The fourth-order valence-electron chi connectivity index (χ4n) is 3.59. The molecule has 1 aliphatic heterocycles. The first kappa shape index (κ1) is 16.6. The number of carbonyl (C=O) groups is 1. The normalized spacial score (nSPS) is 17.4. The van der Waals surface area contributed by atoms with Crippen LogP contribution >= 0.6 is 0 Å². The van der Waals surface area contributed by atoms with Crippen molar-refractivity contribution in [3.8, 4) is 0 Å². The molecule has 4 rings (SSSR count). The maximum atomic E-state index is 12.5. The zero-order chi connectivity index (χ0) is 17.8. The lowest BCUT2D eigenvalue weighted by Gasteiger charge is -2.33. The number of nitrogens with zero attached hydrogens (tertiary/aromatic N) is 4. The van der Waals surface area contributed by atoms with Crippen LogP contribution in [-0.2, 0) is 13.1 Å². The van der Waals surface area contributed by atoms with Crippen LogP contribution in [-0.4, -0.2) is 38.6 Å². The number of aromatic nitrogens is 3.